The maximum absolute atomic E-state index is 12.7. The SMILES string of the molecule is CCC1(C(=O)c2ccc(C)c(Cl)c2)CCCNC1. The van der Waals surface area contributed by atoms with Crippen LogP contribution in [0, 0.1) is 12.3 Å². The lowest BCUT2D eigenvalue weighted by Crippen LogP contribution is -2.45. The van der Waals surface area contributed by atoms with Gasteiger partial charge >= 0.3 is 0 Å². The lowest BCUT2D eigenvalue weighted by atomic mass is 9.73. The average Bonchev–Trinajstić information content (AvgIpc) is 2.42. The maximum atomic E-state index is 12.7. The van der Waals surface area contributed by atoms with Crippen molar-refractivity contribution >= 4 is 17.4 Å². The summed E-state index contributed by atoms with van der Waals surface area (Å²) in [5, 5.41) is 4.03. The Morgan fingerprint density at radius 3 is 2.83 bits per heavy atom. The Hall–Kier alpha value is -0.860. The Balaban J connectivity index is 2.30. The van der Waals surface area contributed by atoms with Crippen LogP contribution in [0.1, 0.15) is 42.1 Å². The monoisotopic (exact) mass is 265 g/mol. The van der Waals surface area contributed by atoms with Gasteiger partial charge in [-0.1, -0.05) is 30.7 Å². The number of ketones is 1. The smallest absolute Gasteiger partial charge is 0.170 e. The number of rotatable bonds is 3. The molecule has 1 aliphatic rings. The number of nitrogens with one attached hydrogen (secondary N) is 1. The van der Waals surface area contributed by atoms with Crippen molar-refractivity contribution in [3.8, 4) is 0 Å². The van der Waals surface area contributed by atoms with Gasteiger partial charge in [0.2, 0.25) is 0 Å². The number of aryl methyl sites for hydroxylation is 1. The number of hydrogen-bond acceptors (Lipinski definition) is 2. The molecule has 1 heterocycles. The van der Waals surface area contributed by atoms with Crippen LogP contribution in [0.3, 0.4) is 0 Å². The van der Waals surface area contributed by atoms with E-state index in [-0.39, 0.29) is 11.2 Å². The quantitative estimate of drug-likeness (QED) is 0.846. The Morgan fingerprint density at radius 2 is 2.28 bits per heavy atom. The molecule has 3 heteroatoms. The first kappa shape index (κ1) is 13.6. The number of hydrogen-bond donors (Lipinski definition) is 1. The number of carbonyl (C=O) groups excluding carboxylic acids is 1. The van der Waals surface area contributed by atoms with Gasteiger partial charge in [0, 0.05) is 22.5 Å². The van der Waals surface area contributed by atoms with Crippen LogP contribution in [0.5, 0.6) is 0 Å². The summed E-state index contributed by atoms with van der Waals surface area (Å²) >= 11 is 6.12. The van der Waals surface area contributed by atoms with Crippen LogP contribution in [-0.2, 0) is 0 Å². The molecule has 1 saturated heterocycles. The van der Waals surface area contributed by atoms with Crippen molar-refractivity contribution in [2.45, 2.75) is 33.1 Å². The predicted molar refractivity (Wildman–Crippen MR) is 75.3 cm³/mol. The third-order valence-corrected chi connectivity index (χ3v) is 4.47. The Labute approximate surface area is 114 Å². The molecule has 18 heavy (non-hydrogen) atoms. The van der Waals surface area contributed by atoms with Crippen LogP contribution in [-0.4, -0.2) is 18.9 Å². The molecule has 0 spiro atoms. The first-order valence-corrected chi connectivity index (χ1v) is 6.98. The predicted octanol–water partition coefficient (Wildman–Crippen LogP) is 3.61. The van der Waals surface area contributed by atoms with E-state index in [9.17, 15) is 4.79 Å². The molecule has 2 nitrogen and oxygen atoms in total. The molecule has 0 saturated carbocycles. The van der Waals surface area contributed by atoms with Crippen LogP contribution in [0.15, 0.2) is 18.2 Å². The fourth-order valence-electron chi connectivity index (χ4n) is 2.66. The van der Waals surface area contributed by atoms with Crippen molar-refractivity contribution in [2.75, 3.05) is 13.1 Å². The van der Waals surface area contributed by atoms with Crippen LogP contribution < -0.4 is 5.32 Å². The number of carbonyl (C=O) groups is 1. The van der Waals surface area contributed by atoms with Crippen molar-refractivity contribution in [2.24, 2.45) is 5.41 Å². The highest BCUT2D eigenvalue weighted by Crippen LogP contribution is 2.34. The molecule has 1 unspecified atom stereocenters. The maximum Gasteiger partial charge on any atom is 0.170 e. The summed E-state index contributed by atoms with van der Waals surface area (Å²) < 4.78 is 0. The molecule has 0 aromatic heterocycles. The number of Topliss-reactive ketones (excluding diaryl/α,β-unsaturated/α-hetero) is 1. The second-order valence-electron chi connectivity index (χ2n) is 5.21. The highest BCUT2D eigenvalue weighted by molar-refractivity contribution is 6.31. The van der Waals surface area contributed by atoms with Crippen molar-refractivity contribution in [1.29, 1.82) is 0 Å². The molecule has 0 aliphatic carbocycles. The van der Waals surface area contributed by atoms with Crippen LogP contribution in [0.2, 0.25) is 5.02 Å². The highest BCUT2D eigenvalue weighted by atomic mass is 35.5. The Bertz CT molecular complexity index is 450. The minimum atomic E-state index is -0.239. The van der Waals surface area contributed by atoms with E-state index >= 15 is 0 Å². The number of halogens is 1. The van der Waals surface area contributed by atoms with Gasteiger partial charge in [0.1, 0.15) is 0 Å². The fourth-order valence-corrected chi connectivity index (χ4v) is 2.84. The van der Waals surface area contributed by atoms with E-state index in [4.69, 9.17) is 11.6 Å². The van der Waals surface area contributed by atoms with Gasteiger partial charge in [-0.15, -0.1) is 0 Å². The van der Waals surface area contributed by atoms with E-state index in [2.05, 4.69) is 12.2 Å². The fraction of sp³-hybridized carbons (Fsp3) is 0.533. The summed E-state index contributed by atoms with van der Waals surface area (Å²) in [6.07, 6.45) is 2.92. The molecule has 0 radical (unpaired) electrons. The summed E-state index contributed by atoms with van der Waals surface area (Å²) in [6, 6.07) is 5.63. The first-order chi connectivity index (χ1) is 8.59. The van der Waals surface area contributed by atoms with Gasteiger partial charge in [0.05, 0.1) is 0 Å². The molecule has 1 fully saturated rings. The number of piperidine rings is 1. The highest BCUT2D eigenvalue weighted by Gasteiger charge is 2.38. The molecule has 1 aliphatic heterocycles. The van der Waals surface area contributed by atoms with Gasteiger partial charge in [-0.3, -0.25) is 4.79 Å². The zero-order chi connectivity index (χ0) is 13.2. The molecule has 2 rings (SSSR count). The van der Waals surface area contributed by atoms with Gasteiger partial charge in [0.15, 0.2) is 5.78 Å². The van der Waals surface area contributed by atoms with Crippen molar-refractivity contribution in [3.63, 3.8) is 0 Å². The van der Waals surface area contributed by atoms with Crippen LogP contribution in [0.25, 0.3) is 0 Å². The number of benzene rings is 1. The lowest BCUT2D eigenvalue weighted by molar-refractivity contribution is 0.0730. The minimum absolute atomic E-state index is 0.235. The normalized spacial score (nSPS) is 23.9. The van der Waals surface area contributed by atoms with Crippen molar-refractivity contribution in [1.82, 2.24) is 5.32 Å². The van der Waals surface area contributed by atoms with E-state index in [0.29, 0.717) is 5.02 Å². The minimum Gasteiger partial charge on any atom is -0.316 e. The van der Waals surface area contributed by atoms with E-state index in [1.165, 1.54) is 0 Å². The summed E-state index contributed by atoms with van der Waals surface area (Å²) in [5.41, 5.74) is 1.52. The summed E-state index contributed by atoms with van der Waals surface area (Å²) in [7, 11) is 0. The molecule has 1 aromatic rings. The molecule has 1 aromatic carbocycles. The lowest BCUT2D eigenvalue weighted by Gasteiger charge is -2.35. The van der Waals surface area contributed by atoms with Gasteiger partial charge in [-0.2, -0.15) is 0 Å². The molecule has 1 N–H and O–H groups in total. The van der Waals surface area contributed by atoms with E-state index in [1.807, 2.05) is 25.1 Å². The molecule has 1 atom stereocenters. The summed E-state index contributed by atoms with van der Waals surface area (Å²) in [4.78, 5) is 12.7. The van der Waals surface area contributed by atoms with Gasteiger partial charge in [0.25, 0.3) is 0 Å². The Morgan fingerprint density at radius 1 is 1.50 bits per heavy atom. The second kappa shape index (κ2) is 5.41. The first-order valence-electron chi connectivity index (χ1n) is 6.61. The third-order valence-electron chi connectivity index (χ3n) is 4.06. The molecule has 0 bridgehead atoms. The van der Waals surface area contributed by atoms with Gasteiger partial charge in [-0.25, -0.2) is 0 Å². The van der Waals surface area contributed by atoms with Crippen molar-refractivity contribution in [3.05, 3.63) is 34.3 Å². The standard InChI is InChI=1S/C15H20ClNO/c1-3-15(7-4-8-17-10-15)14(18)12-6-5-11(2)13(16)9-12/h5-6,9,17H,3-4,7-8,10H2,1-2H3. The van der Waals surface area contributed by atoms with E-state index < -0.39 is 0 Å². The summed E-state index contributed by atoms with van der Waals surface area (Å²) in [6.45, 7) is 5.85. The second-order valence-corrected chi connectivity index (χ2v) is 5.61. The molecule has 0 amide bonds. The van der Waals surface area contributed by atoms with Gasteiger partial charge in [-0.05, 0) is 44.4 Å². The largest absolute Gasteiger partial charge is 0.316 e. The third kappa shape index (κ3) is 2.45. The average molecular weight is 266 g/mol. The zero-order valence-electron chi connectivity index (χ0n) is 11.1. The molecule has 98 valence electrons. The molecular weight excluding hydrogens is 246 g/mol. The van der Waals surface area contributed by atoms with E-state index in [1.54, 1.807) is 0 Å². The topological polar surface area (TPSA) is 29.1 Å². The Kier molecular flexibility index (Phi) is 4.08. The van der Waals surface area contributed by atoms with Crippen LogP contribution >= 0.6 is 11.6 Å². The van der Waals surface area contributed by atoms with E-state index in [0.717, 1.165) is 43.5 Å². The van der Waals surface area contributed by atoms with Crippen LogP contribution in [0.4, 0.5) is 0 Å². The van der Waals surface area contributed by atoms with Gasteiger partial charge < -0.3 is 5.32 Å². The summed E-state index contributed by atoms with van der Waals surface area (Å²) in [5.74, 6) is 0.235. The molecular formula is C15H20ClNO. The zero-order valence-corrected chi connectivity index (χ0v) is 11.8. The van der Waals surface area contributed by atoms with Crippen molar-refractivity contribution < 1.29 is 4.79 Å².